The number of halogens is 3. The van der Waals surface area contributed by atoms with Gasteiger partial charge in [-0.1, -0.05) is 38.5 Å². The molecule has 0 aromatic heterocycles. The van der Waals surface area contributed by atoms with Gasteiger partial charge in [0.05, 0.1) is 5.92 Å². The molecule has 5 unspecified atom stereocenters. The molecule has 0 aromatic rings. The lowest BCUT2D eigenvalue weighted by Crippen LogP contribution is -2.51. The summed E-state index contributed by atoms with van der Waals surface area (Å²) in [5.41, 5.74) is 0. The van der Waals surface area contributed by atoms with Gasteiger partial charge in [-0.05, 0) is 43.9 Å². The highest BCUT2D eigenvalue weighted by atomic mass is 19.4. The van der Waals surface area contributed by atoms with Crippen LogP contribution in [-0.2, 0) is 0 Å². The molecular formula is C17H28F3N. The molecule has 21 heavy (non-hydrogen) atoms. The lowest BCUT2D eigenvalue weighted by molar-refractivity contribution is -0.189. The Balaban J connectivity index is 1.57. The van der Waals surface area contributed by atoms with Crippen LogP contribution in [0.2, 0.25) is 0 Å². The molecule has 3 aliphatic rings. The molecule has 1 nitrogen and oxygen atoms in total. The Kier molecular flexibility index (Phi) is 4.82. The highest BCUT2D eigenvalue weighted by Crippen LogP contribution is 2.42. The third kappa shape index (κ3) is 3.75. The van der Waals surface area contributed by atoms with E-state index in [2.05, 4.69) is 5.32 Å². The molecule has 0 saturated heterocycles. The van der Waals surface area contributed by atoms with E-state index < -0.39 is 12.1 Å². The monoisotopic (exact) mass is 303 g/mol. The van der Waals surface area contributed by atoms with Crippen molar-refractivity contribution in [1.82, 2.24) is 5.32 Å². The Labute approximate surface area is 126 Å². The second kappa shape index (κ2) is 6.47. The van der Waals surface area contributed by atoms with Gasteiger partial charge in [-0.25, -0.2) is 0 Å². The first-order valence-electron chi connectivity index (χ1n) is 8.87. The summed E-state index contributed by atoms with van der Waals surface area (Å²) in [4.78, 5) is 0. The van der Waals surface area contributed by atoms with Crippen molar-refractivity contribution < 1.29 is 13.2 Å². The summed E-state index contributed by atoms with van der Waals surface area (Å²) < 4.78 is 39.5. The predicted octanol–water partition coefficient (Wildman–Crippen LogP) is 5.06. The van der Waals surface area contributed by atoms with Gasteiger partial charge in [0.2, 0.25) is 0 Å². The summed E-state index contributed by atoms with van der Waals surface area (Å²) >= 11 is 0. The Hall–Kier alpha value is -0.250. The van der Waals surface area contributed by atoms with Crippen LogP contribution in [0, 0.1) is 17.8 Å². The zero-order chi connectivity index (χ0) is 14.9. The highest BCUT2D eigenvalue weighted by molar-refractivity contribution is 4.91. The van der Waals surface area contributed by atoms with Crippen LogP contribution < -0.4 is 5.32 Å². The maximum absolute atomic E-state index is 13.2. The Bertz CT molecular complexity index is 341. The molecule has 3 aliphatic carbocycles. The Morgan fingerprint density at radius 3 is 2.14 bits per heavy atom. The molecule has 0 spiro atoms. The zero-order valence-electron chi connectivity index (χ0n) is 12.8. The molecule has 0 amide bonds. The van der Waals surface area contributed by atoms with Crippen molar-refractivity contribution >= 4 is 0 Å². The van der Waals surface area contributed by atoms with Gasteiger partial charge in [0, 0.05) is 12.1 Å². The van der Waals surface area contributed by atoms with Gasteiger partial charge in [0.25, 0.3) is 0 Å². The van der Waals surface area contributed by atoms with Crippen LogP contribution in [0.25, 0.3) is 0 Å². The summed E-state index contributed by atoms with van der Waals surface area (Å²) in [5.74, 6) is 0.523. The van der Waals surface area contributed by atoms with E-state index in [1.807, 2.05) is 0 Å². The van der Waals surface area contributed by atoms with Crippen molar-refractivity contribution in [3.8, 4) is 0 Å². The second-order valence-corrected chi connectivity index (χ2v) is 7.52. The first-order valence-corrected chi connectivity index (χ1v) is 8.87. The summed E-state index contributed by atoms with van der Waals surface area (Å²) in [6.45, 7) is 0. The van der Waals surface area contributed by atoms with Gasteiger partial charge in [-0.2, -0.15) is 13.2 Å². The van der Waals surface area contributed by atoms with Crippen LogP contribution in [0.5, 0.6) is 0 Å². The molecule has 5 atom stereocenters. The van der Waals surface area contributed by atoms with Crippen molar-refractivity contribution in [1.29, 1.82) is 0 Å². The first-order chi connectivity index (χ1) is 10.0. The van der Waals surface area contributed by atoms with E-state index in [-0.39, 0.29) is 6.04 Å². The molecule has 122 valence electrons. The fraction of sp³-hybridized carbons (Fsp3) is 1.00. The summed E-state index contributed by atoms with van der Waals surface area (Å²) in [5, 5.41) is 3.43. The van der Waals surface area contributed by atoms with E-state index in [0.717, 1.165) is 37.5 Å². The number of hydrogen-bond donors (Lipinski definition) is 1. The van der Waals surface area contributed by atoms with Gasteiger partial charge in [-0.15, -0.1) is 0 Å². The van der Waals surface area contributed by atoms with E-state index in [9.17, 15) is 13.2 Å². The summed E-state index contributed by atoms with van der Waals surface area (Å²) in [6, 6.07) is 0.00110. The van der Waals surface area contributed by atoms with Gasteiger partial charge in [-0.3, -0.25) is 0 Å². The molecular weight excluding hydrogens is 275 g/mol. The van der Waals surface area contributed by atoms with Crippen LogP contribution in [-0.4, -0.2) is 18.3 Å². The molecule has 0 heterocycles. The molecule has 0 radical (unpaired) electrons. The highest BCUT2D eigenvalue weighted by Gasteiger charge is 2.46. The topological polar surface area (TPSA) is 12.0 Å². The van der Waals surface area contributed by atoms with Gasteiger partial charge in [0.1, 0.15) is 0 Å². The average molecular weight is 303 g/mol. The van der Waals surface area contributed by atoms with Crippen molar-refractivity contribution in [3.05, 3.63) is 0 Å². The van der Waals surface area contributed by atoms with Crippen LogP contribution in [0.15, 0.2) is 0 Å². The standard InChI is InChI=1S/C17H28F3N/c18-17(19,20)15-7-3-4-8-16(15)21-14-10-9-12-5-1-2-6-13(12)11-14/h12-16,21H,1-11H2. The molecule has 1 N–H and O–H groups in total. The Morgan fingerprint density at radius 1 is 0.714 bits per heavy atom. The summed E-state index contributed by atoms with van der Waals surface area (Å²) in [7, 11) is 0. The third-order valence-electron chi connectivity index (χ3n) is 6.18. The molecule has 0 aliphatic heterocycles. The molecule has 3 rings (SSSR count). The fourth-order valence-electron chi connectivity index (χ4n) is 5.05. The molecule has 0 bridgehead atoms. The van der Waals surface area contributed by atoms with Crippen LogP contribution in [0.3, 0.4) is 0 Å². The summed E-state index contributed by atoms with van der Waals surface area (Å²) in [6.07, 6.45) is 7.44. The van der Waals surface area contributed by atoms with Gasteiger partial charge < -0.3 is 5.32 Å². The lowest BCUT2D eigenvalue weighted by Gasteiger charge is -2.42. The number of rotatable bonds is 2. The normalized spacial score (nSPS) is 41.6. The number of fused-ring (bicyclic) bond motifs is 1. The van der Waals surface area contributed by atoms with E-state index in [1.165, 1.54) is 32.1 Å². The van der Waals surface area contributed by atoms with Crippen LogP contribution in [0.1, 0.15) is 70.6 Å². The molecule has 0 aromatic carbocycles. The van der Waals surface area contributed by atoms with E-state index in [4.69, 9.17) is 0 Å². The lowest BCUT2D eigenvalue weighted by atomic mass is 9.69. The minimum Gasteiger partial charge on any atom is -0.311 e. The average Bonchev–Trinajstić information content (AvgIpc) is 2.46. The maximum Gasteiger partial charge on any atom is 0.393 e. The number of alkyl halides is 3. The van der Waals surface area contributed by atoms with Crippen molar-refractivity contribution in [2.45, 2.75) is 88.9 Å². The van der Waals surface area contributed by atoms with Gasteiger partial charge >= 0.3 is 6.18 Å². The minimum absolute atomic E-state index is 0.319. The fourth-order valence-corrected chi connectivity index (χ4v) is 5.05. The molecule has 3 fully saturated rings. The molecule has 4 heteroatoms. The van der Waals surface area contributed by atoms with E-state index in [1.54, 1.807) is 0 Å². The zero-order valence-corrected chi connectivity index (χ0v) is 12.8. The van der Waals surface area contributed by atoms with E-state index >= 15 is 0 Å². The largest absolute Gasteiger partial charge is 0.393 e. The number of nitrogens with one attached hydrogen (secondary N) is 1. The van der Waals surface area contributed by atoms with Crippen molar-refractivity contribution in [3.63, 3.8) is 0 Å². The van der Waals surface area contributed by atoms with Crippen molar-refractivity contribution in [2.24, 2.45) is 17.8 Å². The predicted molar refractivity (Wildman–Crippen MR) is 78.0 cm³/mol. The maximum atomic E-state index is 13.2. The quantitative estimate of drug-likeness (QED) is 0.752. The van der Waals surface area contributed by atoms with Gasteiger partial charge in [0.15, 0.2) is 0 Å². The third-order valence-corrected chi connectivity index (χ3v) is 6.18. The smallest absolute Gasteiger partial charge is 0.311 e. The Morgan fingerprint density at radius 2 is 1.38 bits per heavy atom. The van der Waals surface area contributed by atoms with E-state index in [0.29, 0.717) is 18.9 Å². The molecule has 3 saturated carbocycles. The minimum atomic E-state index is -4.03. The first kappa shape index (κ1) is 15.6. The van der Waals surface area contributed by atoms with Crippen LogP contribution >= 0.6 is 0 Å². The number of hydrogen-bond acceptors (Lipinski definition) is 1. The van der Waals surface area contributed by atoms with Crippen LogP contribution in [0.4, 0.5) is 13.2 Å². The second-order valence-electron chi connectivity index (χ2n) is 7.52. The van der Waals surface area contributed by atoms with Crippen molar-refractivity contribution in [2.75, 3.05) is 0 Å². The SMILES string of the molecule is FC(F)(F)C1CCCCC1NC1CCC2CCCCC2C1.